The number of esters is 1. The molecule has 2 rings (SSSR count). The van der Waals surface area contributed by atoms with Crippen LogP contribution in [0.1, 0.15) is 58.4 Å². The number of rotatable bonds is 5. The monoisotopic (exact) mass is 405 g/mol. The van der Waals surface area contributed by atoms with E-state index in [0.29, 0.717) is 45.6 Å². The first-order valence-electron chi connectivity index (χ1n) is 10.4. The number of benzene rings is 1. The number of amides is 1. The van der Waals surface area contributed by atoms with Gasteiger partial charge in [0.25, 0.3) is 0 Å². The molecule has 0 radical (unpaired) electrons. The Labute approximate surface area is 174 Å². The summed E-state index contributed by atoms with van der Waals surface area (Å²) in [7, 11) is 1.43. The molecule has 0 unspecified atom stereocenters. The molecule has 0 N–H and O–H groups in total. The van der Waals surface area contributed by atoms with E-state index in [4.69, 9.17) is 14.2 Å². The predicted molar refractivity (Wildman–Crippen MR) is 111 cm³/mol. The number of nitrogens with zero attached hydrogens (tertiary/aromatic N) is 1. The van der Waals surface area contributed by atoms with Gasteiger partial charge in [0.2, 0.25) is 0 Å². The largest absolute Gasteiger partial charge is 0.469 e. The summed E-state index contributed by atoms with van der Waals surface area (Å²) in [6, 6.07) is 9.92. The zero-order valence-corrected chi connectivity index (χ0v) is 18.2. The van der Waals surface area contributed by atoms with Crippen LogP contribution < -0.4 is 0 Å². The second kappa shape index (κ2) is 10.6. The van der Waals surface area contributed by atoms with Crippen molar-refractivity contribution < 1.29 is 23.8 Å². The van der Waals surface area contributed by atoms with Crippen molar-refractivity contribution >= 4 is 12.1 Å². The zero-order chi connectivity index (χ0) is 21.3. The molecule has 1 atom stereocenters. The highest BCUT2D eigenvalue weighted by Crippen LogP contribution is 2.34. The molecule has 1 aliphatic heterocycles. The summed E-state index contributed by atoms with van der Waals surface area (Å²) in [6.45, 7) is 7.59. The number of methoxy groups -OCH3 is 1. The highest BCUT2D eigenvalue weighted by Gasteiger charge is 2.40. The number of carbonyl (C=O) groups excluding carboxylic acids is 2. The van der Waals surface area contributed by atoms with Crippen molar-refractivity contribution in [1.82, 2.24) is 4.90 Å². The van der Waals surface area contributed by atoms with Crippen LogP contribution in [0, 0.1) is 5.41 Å². The molecule has 0 spiro atoms. The molecule has 0 bridgehead atoms. The van der Waals surface area contributed by atoms with Crippen molar-refractivity contribution in [1.29, 1.82) is 0 Å². The van der Waals surface area contributed by atoms with Gasteiger partial charge in [-0.3, -0.25) is 4.79 Å². The van der Waals surface area contributed by atoms with Gasteiger partial charge in [-0.15, -0.1) is 0 Å². The van der Waals surface area contributed by atoms with Crippen LogP contribution in [0.4, 0.5) is 4.79 Å². The molecule has 0 saturated carbocycles. The minimum absolute atomic E-state index is 0.226. The first-order valence-corrected chi connectivity index (χ1v) is 10.4. The zero-order valence-electron chi connectivity index (χ0n) is 18.2. The highest BCUT2D eigenvalue weighted by atomic mass is 16.6. The molecule has 162 valence electrons. The Morgan fingerprint density at radius 2 is 1.69 bits per heavy atom. The fraction of sp³-hybridized carbons (Fsp3) is 0.652. The van der Waals surface area contributed by atoms with Crippen LogP contribution in [-0.2, 0) is 25.6 Å². The standard InChI is InChI=1S/C23H35NO5/c1-22(2,3)29-21(26)24-15-9-8-13-23(14-10-16-24,20(25)27-4)18-28-17-19-11-6-5-7-12-19/h5-7,11-12H,8-10,13-18H2,1-4H3/t23-/m1/s1. The average molecular weight is 406 g/mol. The molecule has 1 fully saturated rings. The molecule has 29 heavy (non-hydrogen) atoms. The van der Waals surface area contributed by atoms with Gasteiger partial charge in [-0.1, -0.05) is 36.8 Å². The summed E-state index contributed by atoms with van der Waals surface area (Å²) in [5.41, 5.74) is -0.115. The maximum Gasteiger partial charge on any atom is 0.410 e. The third-order valence-corrected chi connectivity index (χ3v) is 5.18. The van der Waals surface area contributed by atoms with E-state index in [0.717, 1.165) is 18.4 Å². The smallest absolute Gasteiger partial charge is 0.410 e. The van der Waals surface area contributed by atoms with Crippen LogP contribution in [0.2, 0.25) is 0 Å². The summed E-state index contributed by atoms with van der Waals surface area (Å²) in [5, 5.41) is 0. The number of carbonyl (C=O) groups is 2. The topological polar surface area (TPSA) is 65.1 Å². The normalized spacial score (nSPS) is 20.9. The lowest BCUT2D eigenvalue weighted by Crippen LogP contribution is -2.39. The van der Waals surface area contributed by atoms with E-state index in [1.807, 2.05) is 51.1 Å². The molecule has 6 nitrogen and oxygen atoms in total. The highest BCUT2D eigenvalue weighted by molar-refractivity contribution is 5.77. The third-order valence-electron chi connectivity index (χ3n) is 5.18. The molecule has 1 heterocycles. The van der Waals surface area contributed by atoms with Crippen LogP contribution in [0.15, 0.2) is 30.3 Å². The van der Waals surface area contributed by atoms with Gasteiger partial charge in [-0.05, 0) is 52.0 Å². The molecule has 0 aliphatic carbocycles. The number of ether oxygens (including phenoxy) is 3. The van der Waals surface area contributed by atoms with Crippen molar-refractivity contribution in [3.8, 4) is 0 Å². The van der Waals surface area contributed by atoms with Crippen molar-refractivity contribution in [2.24, 2.45) is 5.41 Å². The van der Waals surface area contributed by atoms with Crippen LogP contribution in [0.3, 0.4) is 0 Å². The number of hydrogen-bond donors (Lipinski definition) is 0. The van der Waals surface area contributed by atoms with Crippen molar-refractivity contribution in [2.45, 2.75) is 65.1 Å². The fourth-order valence-corrected chi connectivity index (χ4v) is 3.68. The van der Waals surface area contributed by atoms with Gasteiger partial charge in [-0.25, -0.2) is 4.79 Å². The minimum atomic E-state index is -0.673. The molecular weight excluding hydrogens is 370 g/mol. The van der Waals surface area contributed by atoms with Crippen LogP contribution >= 0.6 is 0 Å². The Morgan fingerprint density at radius 1 is 1.03 bits per heavy atom. The maximum absolute atomic E-state index is 12.7. The Bertz CT molecular complexity index is 655. The fourth-order valence-electron chi connectivity index (χ4n) is 3.68. The first-order chi connectivity index (χ1) is 13.8. The lowest BCUT2D eigenvalue weighted by Gasteiger charge is -2.31. The average Bonchev–Trinajstić information content (AvgIpc) is 2.78. The van der Waals surface area contributed by atoms with E-state index in [2.05, 4.69) is 0 Å². The van der Waals surface area contributed by atoms with Crippen molar-refractivity contribution in [2.75, 3.05) is 26.8 Å². The summed E-state index contributed by atoms with van der Waals surface area (Å²) >= 11 is 0. The van der Waals surface area contributed by atoms with E-state index < -0.39 is 11.0 Å². The predicted octanol–water partition coefficient (Wildman–Crippen LogP) is 4.56. The van der Waals surface area contributed by atoms with Crippen molar-refractivity contribution in [3.05, 3.63) is 35.9 Å². The second-order valence-electron chi connectivity index (χ2n) is 8.78. The Hall–Kier alpha value is -2.08. The molecule has 1 saturated heterocycles. The molecule has 0 aromatic heterocycles. The van der Waals surface area contributed by atoms with Gasteiger partial charge >= 0.3 is 12.1 Å². The Balaban J connectivity index is 2.01. The lowest BCUT2D eigenvalue weighted by atomic mass is 9.79. The van der Waals surface area contributed by atoms with Gasteiger partial charge < -0.3 is 19.1 Å². The van der Waals surface area contributed by atoms with Gasteiger partial charge in [0.15, 0.2) is 0 Å². The van der Waals surface area contributed by atoms with Crippen LogP contribution in [0.25, 0.3) is 0 Å². The minimum Gasteiger partial charge on any atom is -0.469 e. The van der Waals surface area contributed by atoms with E-state index in [1.165, 1.54) is 7.11 Å². The Kier molecular flexibility index (Phi) is 8.50. The number of hydrogen-bond acceptors (Lipinski definition) is 5. The summed E-state index contributed by atoms with van der Waals surface area (Å²) in [4.78, 5) is 26.9. The quantitative estimate of drug-likeness (QED) is 0.672. The van der Waals surface area contributed by atoms with Gasteiger partial charge in [0.1, 0.15) is 5.60 Å². The summed E-state index contributed by atoms with van der Waals surface area (Å²) < 4.78 is 16.6. The maximum atomic E-state index is 12.7. The molecule has 6 heteroatoms. The molecule has 1 aromatic rings. The van der Waals surface area contributed by atoms with Gasteiger partial charge in [0, 0.05) is 13.1 Å². The summed E-state index contributed by atoms with van der Waals surface area (Å²) in [5.74, 6) is -0.226. The SMILES string of the molecule is COC(=O)[C@]1(COCc2ccccc2)CCCCN(C(=O)OC(C)(C)C)CCC1. The van der Waals surface area contributed by atoms with E-state index in [9.17, 15) is 9.59 Å². The molecule has 1 aliphatic rings. The van der Waals surface area contributed by atoms with Gasteiger partial charge in [-0.2, -0.15) is 0 Å². The molecule has 1 amide bonds. The van der Waals surface area contributed by atoms with Gasteiger partial charge in [0.05, 0.1) is 25.7 Å². The summed E-state index contributed by atoms with van der Waals surface area (Å²) in [6.07, 6.45) is 3.36. The Morgan fingerprint density at radius 3 is 2.34 bits per heavy atom. The van der Waals surface area contributed by atoms with Crippen LogP contribution in [-0.4, -0.2) is 49.4 Å². The van der Waals surface area contributed by atoms with E-state index in [-0.39, 0.29) is 12.1 Å². The van der Waals surface area contributed by atoms with Crippen molar-refractivity contribution in [3.63, 3.8) is 0 Å². The lowest BCUT2D eigenvalue weighted by molar-refractivity contribution is -0.158. The molecule has 1 aromatic carbocycles. The third kappa shape index (κ3) is 7.35. The van der Waals surface area contributed by atoms with E-state index in [1.54, 1.807) is 4.90 Å². The second-order valence-corrected chi connectivity index (χ2v) is 8.78. The first kappa shape index (κ1) is 23.2. The molecular formula is C23H35NO5. The van der Waals surface area contributed by atoms with E-state index >= 15 is 0 Å². The van der Waals surface area contributed by atoms with Crippen LogP contribution in [0.5, 0.6) is 0 Å².